The van der Waals surface area contributed by atoms with Gasteiger partial charge >= 0.3 is 0 Å². The molecule has 146 valence electrons. The lowest BCUT2D eigenvalue weighted by atomic mass is 9.78. The van der Waals surface area contributed by atoms with Crippen molar-refractivity contribution in [3.05, 3.63) is 64.9 Å². The largest absolute Gasteiger partial charge is 0.301 e. The van der Waals surface area contributed by atoms with Crippen molar-refractivity contribution < 1.29 is 4.84 Å². The summed E-state index contributed by atoms with van der Waals surface area (Å²) in [5, 5.41) is 0.739. The molecule has 27 heavy (non-hydrogen) atoms. The maximum Gasteiger partial charge on any atom is 0.0873 e. The fourth-order valence-corrected chi connectivity index (χ4v) is 4.12. The fourth-order valence-electron chi connectivity index (χ4n) is 3.87. The van der Waals surface area contributed by atoms with Crippen molar-refractivity contribution in [3.63, 3.8) is 0 Å². The van der Waals surface area contributed by atoms with Gasteiger partial charge in [-0.2, -0.15) is 0 Å². The minimum atomic E-state index is 0.0346. The summed E-state index contributed by atoms with van der Waals surface area (Å²) in [5.74, 6) is 0. The summed E-state index contributed by atoms with van der Waals surface area (Å²) in [6, 6.07) is 7.88. The van der Waals surface area contributed by atoms with E-state index in [2.05, 4.69) is 43.0 Å². The second-order valence-electron chi connectivity index (χ2n) is 8.25. The number of allylic oxidation sites excluding steroid dienone is 4. The van der Waals surface area contributed by atoms with Crippen LogP contribution in [0.5, 0.6) is 0 Å². The first-order valence-electron chi connectivity index (χ1n) is 9.92. The Hall–Kier alpha value is -1.55. The lowest BCUT2D eigenvalue weighted by Gasteiger charge is -2.30. The molecule has 1 heterocycles. The average Bonchev–Trinajstić information content (AvgIpc) is 2.65. The molecule has 1 aliphatic heterocycles. The number of hydroxylamine groups is 1. The van der Waals surface area contributed by atoms with E-state index >= 15 is 0 Å². The molecule has 1 N–H and O–H groups in total. The van der Waals surface area contributed by atoms with Gasteiger partial charge in [-0.3, -0.25) is 10.3 Å². The third kappa shape index (κ3) is 5.71. The number of halogens is 1. The monoisotopic (exact) mass is 386 g/mol. The van der Waals surface area contributed by atoms with Gasteiger partial charge in [-0.15, -0.1) is 0 Å². The van der Waals surface area contributed by atoms with E-state index in [0.29, 0.717) is 6.61 Å². The Labute approximate surface area is 168 Å². The van der Waals surface area contributed by atoms with Gasteiger partial charge < -0.3 is 4.90 Å². The van der Waals surface area contributed by atoms with Crippen molar-refractivity contribution in [3.8, 4) is 0 Å². The quantitative estimate of drug-likeness (QED) is 0.487. The summed E-state index contributed by atoms with van der Waals surface area (Å²) in [6.07, 6.45) is 9.28. The van der Waals surface area contributed by atoms with Crippen LogP contribution in [0, 0.1) is 5.41 Å². The smallest absolute Gasteiger partial charge is 0.0873 e. The number of piperidine rings is 1. The molecule has 1 aliphatic carbocycles. The standard InChI is InChI=1S/C23H31ClN2O/c1-18(21-9-5-6-10-22(21)24)19-15-20(17-23(2,3)16-19)25-27-14-13-26-11-7-4-8-12-26/h5-6,9-10,15,17,25H,1,4,7-8,11-14,16H2,2-3H3. The highest BCUT2D eigenvalue weighted by molar-refractivity contribution is 6.32. The van der Waals surface area contributed by atoms with Crippen LogP contribution in [0.15, 0.2) is 54.3 Å². The van der Waals surface area contributed by atoms with Crippen LogP contribution in [-0.4, -0.2) is 31.1 Å². The molecule has 1 saturated heterocycles. The average molecular weight is 387 g/mol. The van der Waals surface area contributed by atoms with Gasteiger partial charge in [-0.25, -0.2) is 0 Å². The van der Waals surface area contributed by atoms with E-state index in [4.69, 9.17) is 16.4 Å². The predicted molar refractivity (Wildman–Crippen MR) is 114 cm³/mol. The van der Waals surface area contributed by atoms with E-state index in [1.807, 2.05) is 24.3 Å². The normalized spacial score (nSPS) is 20.0. The zero-order chi connectivity index (χ0) is 19.3. The van der Waals surface area contributed by atoms with E-state index < -0.39 is 0 Å². The number of nitrogens with one attached hydrogen (secondary N) is 1. The van der Waals surface area contributed by atoms with Crippen LogP contribution in [0.1, 0.15) is 45.1 Å². The molecule has 0 bridgehead atoms. The molecule has 0 amide bonds. The van der Waals surface area contributed by atoms with Crippen molar-refractivity contribution >= 4 is 17.2 Å². The first-order valence-corrected chi connectivity index (χ1v) is 10.3. The molecule has 0 aromatic heterocycles. The van der Waals surface area contributed by atoms with E-state index in [1.165, 1.54) is 37.9 Å². The summed E-state index contributed by atoms with van der Waals surface area (Å²) in [6.45, 7) is 12.8. The number of hydrogen-bond acceptors (Lipinski definition) is 3. The Morgan fingerprint density at radius 3 is 2.70 bits per heavy atom. The molecule has 0 atom stereocenters. The van der Waals surface area contributed by atoms with Crippen molar-refractivity contribution in [2.24, 2.45) is 5.41 Å². The third-order valence-electron chi connectivity index (χ3n) is 5.26. The van der Waals surface area contributed by atoms with Crippen LogP contribution < -0.4 is 5.48 Å². The summed E-state index contributed by atoms with van der Waals surface area (Å²) in [7, 11) is 0. The first kappa shape index (κ1) is 20.2. The highest BCUT2D eigenvalue weighted by atomic mass is 35.5. The molecule has 4 heteroatoms. The SMILES string of the molecule is C=C(C1=CC(NOCCN2CCCCC2)=CC(C)(C)C1)c1ccccc1Cl. The van der Waals surface area contributed by atoms with Crippen LogP contribution in [0.4, 0.5) is 0 Å². The highest BCUT2D eigenvalue weighted by Gasteiger charge is 2.24. The van der Waals surface area contributed by atoms with Gasteiger partial charge in [0.05, 0.1) is 12.3 Å². The van der Waals surface area contributed by atoms with E-state index in [-0.39, 0.29) is 5.41 Å². The van der Waals surface area contributed by atoms with Crippen LogP contribution in [0.25, 0.3) is 5.57 Å². The lowest BCUT2D eigenvalue weighted by molar-refractivity contribution is 0.0423. The molecule has 0 unspecified atom stereocenters. The molecule has 3 rings (SSSR count). The van der Waals surface area contributed by atoms with Gasteiger partial charge in [0.2, 0.25) is 0 Å². The highest BCUT2D eigenvalue weighted by Crippen LogP contribution is 2.39. The topological polar surface area (TPSA) is 24.5 Å². The molecule has 1 aromatic carbocycles. The first-order chi connectivity index (χ1) is 12.9. The van der Waals surface area contributed by atoms with Crippen LogP contribution in [0.2, 0.25) is 5.02 Å². The number of benzene rings is 1. The van der Waals surface area contributed by atoms with Gasteiger partial charge in [0.1, 0.15) is 0 Å². The zero-order valence-electron chi connectivity index (χ0n) is 16.6. The Bertz CT molecular complexity index is 730. The Kier molecular flexibility index (Phi) is 6.80. The van der Waals surface area contributed by atoms with E-state index in [9.17, 15) is 0 Å². The molecule has 2 aliphatic rings. The lowest BCUT2D eigenvalue weighted by Crippen LogP contribution is -2.34. The molecule has 0 spiro atoms. The number of rotatable bonds is 7. The van der Waals surface area contributed by atoms with Gasteiger partial charge in [-0.05, 0) is 66.6 Å². The molecule has 3 nitrogen and oxygen atoms in total. The van der Waals surface area contributed by atoms with Gasteiger partial charge in [0.15, 0.2) is 0 Å². The maximum atomic E-state index is 6.37. The maximum absolute atomic E-state index is 6.37. The second-order valence-corrected chi connectivity index (χ2v) is 8.65. The molecule has 0 saturated carbocycles. The van der Waals surface area contributed by atoms with Crippen molar-refractivity contribution in [2.45, 2.75) is 39.5 Å². The minimum Gasteiger partial charge on any atom is -0.301 e. The predicted octanol–water partition coefficient (Wildman–Crippen LogP) is 5.60. The second kappa shape index (κ2) is 9.09. The van der Waals surface area contributed by atoms with E-state index in [0.717, 1.165) is 34.8 Å². The minimum absolute atomic E-state index is 0.0346. The van der Waals surface area contributed by atoms with Crippen molar-refractivity contribution in [1.82, 2.24) is 10.4 Å². The fraction of sp³-hybridized carbons (Fsp3) is 0.478. The Morgan fingerprint density at radius 1 is 1.22 bits per heavy atom. The number of nitrogens with zero attached hydrogens (tertiary/aromatic N) is 1. The molecule has 0 radical (unpaired) electrons. The molecular formula is C23H31ClN2O. The van der Waals surface area contributed by atoms with Gasteiger partial charge in [0, 0.05) is 11.6 Å². The van der Waals surface area contributed by atoms with Gasteiger partial charge in [0.25, 0.3) is 0 Å². The summed E-state index contributed by atoms with van der Waals surface area (Å²) >= 11 is 6.37. The summed E-state index contributed by atoms with van der Waals surface area (Å²) in [5.41, 5.74) is 7.35. The van der Waals surface area contributed by atoms with Crippen LogP contribution in [0.3, 0.4) is 0 Å². The van der Waals surface area contributed by atoms with Gasteiger partial charge in [-0.1, -0.05) is 62.7 Å². The number of likely N-dealkylation sites (tertiary alicyclic amines) is 1. The van der Waals surface area contributed by atoms with Crippen molar-refractivity contribution in [1.29, 1.82) is 0 Å². The zero-order valence-corrected chi connectivity index (χ0v) is 17.3. The molecular weight excluding hydrogens is 356 g/mol. The molecule has 1 fully saturated rings. The van der Waals surface area contributed by atoms with Crippen molar-refractivity contribution in [2.75, 3.05) is 26.2 Å². The van der Waals surface area contributed by atoms with E-state index in [1.54, 1.807) is 0 Å². The summed E-state index contributed by atoms with van der Waals surface area (Å²) < 4.78 is 0. The van der Waals surface area contributed by atoms with Crippen LogP contribution in [-0.2, 0) is 4.84 Å². The molecule has 1 aromatic rings. The Morgan fingerprint density at radius 2 is 1.96 bits per heavy atom. The summed E-state index contributed by atoms with van der Waals surface area (Å²) in [4.78, 5) is 8.24. The third-order valence-corrected chi connectivity index (χ3v) is 5.59. The van der Waals surface area contributed by atoms with Crippen LogP contribution >= 0.6 is 11.6 Å². The number of hydrogen-bond donors (Lipinski definition) is 1. The Balaban J connectivity index is 1.61.